The molecule has 0 aliphatic heterocycles. The molecule has 0 aliphatic carbocycles. The first-order chi connectivity index (χ1) is 9.34. The van der Waals surface area contributed by atoms with Crippen LogP contribution in [0.1, 0.15) is 25.8 Å². The Hall–Kier alpha value is -1.62. The van der Waals surface area contributed by atoms with Crippen molar-refractivity contribution in [2.24, 2.45) is 0 Å². The second-order valence-corrected chi connectivity index (χ2v) is 5.79. The van der Waals surface area contributed by atoms with Crippen LogP contribution in [0.3, 0.4) is 0 Å². The molecule has 5 nitrogen and oxygen atoms in total. The molecule has 1 rings (SSSR count). The zero-order valence-electron chi connectivity index (χ0n) is 11.3. The minimum atomic E-state index is -3.80. The lowest BCUT2D eigenvalue weighted by atomic mass is 10.2. The summed E-state index contributed by atoms with van der Waals surface area (Å²) >= 11 is 0. The van der Waals surface area contributed by atoms with Crippen LogP contribution in [0.4, 0.5) is 10.1 Å². The van der Waals surface area contributed by atoms with Crippen LogP contribution in [0.15, 0.2) is 18.2 Å². The number of rotatable bonds is 5. The lowest BCUT2D eigenvalue weighted by Gasteiger charge is -2.12. The predicted molar refractivity (Wildman–Crippen MR) is 75.8 cm³/mol. The highest BCUT2D eigenvalue weighted by Gasteiger charge is 2.13. The number of benzene rings is 1. The summed E-state index contributed by atoms with van der Waals surface area (Å²) in [7, 11) is -3.80. The maximum absolute atomic E-state index is 13.8. The molecule has 0 amide bonds. The van der Waals surface area contributed by atoms with Crippen molar-refractivity contribution in [2.75, 3.05) is 11.3 Å². The molecule has 3 N–H and O–H groups in total. The van der Waals surface area contributed by atoms with E-state index in [9.17, 15) is 12.8 Å². The third-order valence-electron chi connectivity index (χ3n) is 2.07. The van der Waals surface area contributed by atoms with Gasteiger partial charge in [0.05, 0.1) is 12.3 Å². The number of anilines is 1. The summed E-state index contributed by atoms with van der Waals surface area (Å²) < 4.78 is 41.4. The van der Waals surface area contributed by atoms with Gasteiger partial charge in [-0.1, -0.05) is 11.8 Å². The SMILES string of the molecule is CC(C)NS(=O)(=O)Nc1ccc(C#CCCO)cc1F. The predicted octanol–water partition coefficient (Wildman–Crippen LogP) is 1.21. The molecule has 110 valence electrons. The smallest absolute Gasteiger partial charge is 0.299 e. The highest BCUT2D eigenvalue weighted by atomic mass is 32.2. The molecule has 20 heavy (non-hydrogen) atoms. The van der Waals surface area contributed by atoms with Crippen LogP contribution >= 0.6 is 0 Å². The standard InChI is InChI=1S/C13H17FN2O3S/c1-10(2)15-20(18,19)16-13-7-6-11(9-12(13)14)5-3-4-8-17/h6-7,9-10,15-17H,4,8H2,1-2H3. The Morgan fingerprint density at radius 1 is 1.40 bits per heavy atom. The van der Waals surface area contributed by atoms with E-state index in [1.54, 1.807) is 13.8 Å². The van der Waals surface area contributed by atoms with Crippen molar-refractivity contribution >= 4 is 15.9 Å². The molecule has 0 saturated carbocycles. The lowest BCUT2D eigenvalue weighted by molar-refractivity contribution is 0.305. The highest BCUT2D eigenvalue weighted by Crippen LogP contribution is 2.16. The van der Waals surface area contributed by atoms with Crippen LogP contribution in [0, 0.1) is 17.7 Å². The number of nitrogens with one attached hydrogen (secondary N) is 2. The first-order valence-electron chi connectivity index (χ1n) is 6.03. The molecule has 0 saturated heterocycles. The van der Waals surface area contributed by atoms with Crippen LogP contribution in [0.5, 0.6) is 0 Å². The van der Waals surface area contributed by atoms with Gasteiger partial charge in [-0.2, -0.15) is 13.1 Å². The van der Waals surface area contributed by atoms with Gasteiger partial charge >= 0.3 is 0 Å². The normalized spacial score (nSPS) is 11.1. The zero-order valence-corrected chi connectivity index (χ0v) is 12.1. The van der Waals surface area contributed by atoms with Crippen LogP contribution in [0.2, 0.25) is 0 Å². The molecule has 7 heteroatoms. The van der Waals surface area contributed by atoms with Crippen molar-refractivity contribution in [3.05, 3.63) is 29.6 Å². The van der Waals surface area contributed by atoms with Crippen molar-refractivity contribution in [1.29, 1.82) is 0 Å². The van der Waals surface area contributed by atoms with Gasteiger partial charge < -0.3 is 5.11 Å². The fourth-order valence-corrected chi connectivity index (χ4v) is 2.52. The Bertz CT molecular complexity index is 618. The van der Waals surface area contributed by atoms with Crippen LogP contribution in [0.25, 0.3) is 0 Å². The van der Waals surface area contributed by atoms with Gasteiger partial charge in [0.25, 0.3) is 10.2 Å². The van der Waals surface area contributed by atoms with E-state index in [1.165, 1.54) is 12.1 Å². The molecule has 0 aromatic heterocycles. The van der Waals surface area contributed by atoms with Gasteiger partial charge in [0, 0.05) is 18.0 Å². The van der Waals surface area contributed by atoms with E-state index >= 15 is 0 Å². The maximum Gasteiger partial charge on any atom is 0.299 e. The largest absolute Gasteiger partial charge is 0.395 e. The topological polar surface area (TPSA) is 78.4 Å². The second kappa shape index (κ2) is 7.24. The molecular weight excluding hydrogens is 283 g/mol. The number of aliphatic hydroxyl groups is 1. The van der Waals surface area contributed by atoms with E-state index in [-0.39, 0.29) is 18.3 Å². The number of hydrogen-bond acceptors (Lipinski definition) is 3. The minimum Gasteiger partial charge on any atom is -0.395 e. The summed E-state index contributed by atoms with van der Waals surface area (Å²) in [5.41, 5.74) is 0.265. The van der Waals surface area contributed by atoms with E-state index in [1.807, 2.05) is 0 Å². The molecule has 0 aliphatic rings. The fraction of sp³-hybridized carbons (Fsp3) is 0.385. The first-order valence-corrected chi connectivity index (χ1v) is 7.51. The molecule has 0 atom stereocenters. The molecular formula is C13H17FN2O3S. The van der Waals surface area contributed by atoms with Gasteiger partial charge in [0.1, 0.15) is 5.82 Å². The van der Waals surface area contributed by atoms with Crippen LogP contribution in [-0.2, 0) is 10.2 Å². The van der Waals surface area contributed by atoms with Gasteiger partial charge in [-0.25, -0.2) is 4.39 Å². The minimum absolute atomic E-state index is 0.0613. The van der Waals surface area contributed by atoms with E-state index in [4.69, 9.17) is 5.11 Å². The van der Waals surface area contributed by atoms with Crippen molar-refractivity contribution in [2.45, 2.75) is 26.3 Å². The average molecular weight is 300 g/mol. The van der Waals surface area contributed by atoms with Crippen LogP contribution < -0.4 is 9.44 Å². The monoisotopic (exact) mass is 300 g/mol. The summed E-state index contributed by atoms with van der Waals surface area (Å²) in [6.07, 6.45) is 0.300. The van der Waals surface area contributed by atoms with Gasteiger partial charge in [-0.05, 0) is 32.0 Å². The Morgan fingerprint density at radius 2 is 2.10 bits per heavy atom. The molecule has 0 radical (unpaired) electrons. The summed E-state index contributed by atoms with van der Waals surface area (Å²) in [5.74, 6) is 4.61. The van der Waals surface area contributed by atoms with Crippen LogP contribution in [-0.4, -0.2) is 26.2 Å². The second-order valence-electron chi connectivity index (χ2n) is 4.35. The third kappa shape index (κ3) is 5.57. The van der Waals surface area contributed by atoms with Crippen molar-refractivity contribution in [3.63, 3.8) is 0 Å². The average Bonchev–Trinajstić information content (AvgIpc) is 2.31. The molecule has 0 heterocycles. The number of hydrogen-bond donors (Lipinski definition) is 3. The van der Waals surface area contributed by atoms with E-state index in [2.05, 4.69) is 21.3 Å². The number of aliphatic hydroxyl groups excluding tert-OH is 1. The van der Waals surface area contributed by atoms with E-state index in [0.717, 1.165) is 6.07 Å². The van der Waals surface area contributed by atoms with E-state index in [0.29, 0.717) is 12.0 Å². The van der Waals surface area contributed by atoms with Crippen molar-refractivity contribution < 1.29 is 17.9 Å². The Balaban J connectivity index is 2.87. The molecule has 0 unspecified atom stereocenters. The van der Waals surface area contributed by atoms with Crippen molar-refractivity contribution in [3.8, 4) is 11.8 Å². The fourth-order valence-electron chi connectivity index (χ4n) is 1.38. The van der Waals surface area contributed by atoms with Crippen molar-refractivity contribution in [1.82, 2.24) is 4.72 Å². The Kier molecular flexibility index (Phi) is 5.95. The molecule has 0 bridgehead atoms. The van der Waals surface area contributed by atoms with Gasteiger partial charge in [-0.3, -0.25) is 4.72 Å². The van der Waals surface area contributed by atoms with Gasteiger partial charge in [0.2, 0.25) is 0 Å². The van der Waals surface area contributed by atoms with E-state index < -0.39 is 16.0 Å². The highest BCUT2D eigenvalue weighted by molar-refractivity contribution is 7.90. The molecule has 0 spiro atoms. The summed E-state index contributed by atoms with van der Waals surface area (Å²) in [4.78, 5) is 0. The summed E-state index contributed by atoms with van der Waals surface area (Å²) in [6, 6.07) is 3.65. The van der Waals surface area contributed by atoms with Gasteiger partial charge in [0.15, 0.2) is 0 Å². The van der Waals surface area contributed by atoms with Gasteiger partial charge in [-0.15, -0.1) is 0 Å². The summed E-state index contributed by atoms with van der Waals surface area (Å²) in [5, 5.41) is 8.58. The lowest BCUT2D eigenvalue weighted by Crippen LogP contribution is -2.35. The first kappa shape index (κ1) is 16.4. The quantitative estimate of drug-likeness (QED) is 0.715. The molecule has 1 aromatic carbocycles. The molecule has 0 fully saturated rings. The Morgan fingerprint density at radius 3 is 2.65 bits per heavy atom. The maximum atomic E-state index is 13.8. The zero-order chi connectivity index (χ0) is 15.2. The molecule has 1 aromatic rings. The summed E-state index contributed by atoms with van der Waals surface area (Å²) in [6.45, 7) is 3.26. The third-order valence-corrected chi connectivity index (χ3v) is 3.34. The number of halogens is 1. The Labute approximate surface area is 118 Å².